The Kier molecular flexibility index (Phi) is 10.0. The molecule has 4 aromatic rings. The lowest BCUT2D eigenvalue weighted by molar-refractivity contribution is -0.143. The molecule has 0 spiro atoms. The number of ether oxygens (including phenoxy) is 1. The van der Waals surface area contributed by atoms with Crippen molar-refractivity contribution in [3.8, 4) is 40.6 Å². The second-order valence-electron chi connectivity index (χ2n) is 8.90. The van der Waals surface area contributed by atoms with E-state index in [1.54, 1.807) is 36.9 Å². The van der Waals surface area contributed by atoms with Crippen molar-refractivity contribution in [2.24, 2.45) is 0 Å². The van der Waals surface area contributed by atoms with E-state index in [0.29, 0.717) is 5.75 Å². The minimum atomic E-state index is -1.32. The Balaban J connectivity index is 1.56. The van der Waals surface area contributed by atoms with Gasteiger partial charge in [-0.3, -0.25) is 19.6 Å². The van der Waals surface area contributed by atoms with Gasteiger partial charge in [0.1, 0.15) is 11.8 Å². The summed E-state index contributed by atoms with van der Waals surface area (Å²) in [5.41, 5.74) is 4.82. The molecular formula is C33H25N3O6. The summed E-state index contributed by atoms with van der Waals surface area (Å²) in [7, 11) is 0. The number of nitrogens with zero attached hydrogens (tertiary/aromatic N) is 2. The minimum absolute atomic E-state index is 0.235. The molecule has 0 fully saturated rings. The predicted octanol–water partition coefficient (Wildman–Crippen LogP) is 3.76. The molecule has 0 aliphatic carbocycles. The molecule has 0 radical (unpaired) electrons. The number of carbonyl (C=O) groups excluding carboxylic acids is 1. The lowest BCUT2D eigenvalue weighted by Crippen LogP contribution is -2.43. The maximum absolute atomic E-state index is 12.2. The zero-order chi connectivity index (χ0) is 29.7. The van der Waals surface area contributed by atoms with Crippen LogP contribution >= 0.6 is 0 Å². The van der Waals surface area contributed by atoms with Gasteiger partial charge in [-0.25, -0.2) is 4.79 Å². The first-order valence-electron chi connectivity index (χ1n) is 12.8. The smallest absolute Gasteiger partial charge is 0.326 e. The van der Waals surface area contributed by atoms with E-state index in [-0.39, 0.29) is 12.8 Å². The van der Waals surface area contributed by atoms with Crippen LogP contribution in [-0.2, 0) is 14.4 Å². The standard InChI is InChI=1S/C33H25N3O6/c37-30(36-29(33(40)41)12-13-31(38)39)22-42-28-10-8-27(9-11-28)32-25(6-4-23-14-18-34-19-15-23)2-1-3-26(32)7-5-24-16-20-35-21-17-24/h1-3,8-11,14-21,29H,12-13,22H2,(H,36,37)(H,38,39)(H,40,41). The highest BCUT2D eigenvalue weighted by molar-refractivity contribution is 5.85. The molecule has 2 aromatic carbocycles. The molecule has 3 N–H and O–H groups in total. The lowest BCUT2D eigenvalue weighted by Gasteiger charge is -2.14. The van der Waals surface area contributed by atoms with Gasteiger partial charge in [0.25, 0.3) is 5.91 Å². The molecule has 9 heteroatoms. The summed E-state index contributed by atoms with van der Waals surface area (Å²) in [6.07, 6.45) is 6.09. The van der Waals surface area contributed by atoms with Crippen LogP contribution < -0.4 is 10.1 Å². The van der Waals surface area contributed by atoms with Crippen LogP contribution in [0.25, 0.3) is 11.1 Å². The molecule has 0 aliphatic heterocycles. The molecule has 208 valence electrons. The van der Waals surface area contributed by atoms with Crippen molar-refractivity contribution < 1.29 is 29.3 Å². The second kappa shape index (κ2) is 14.5. The van der Waals surface area contributed by atoms with Crippen LogP contribution in [-0.4, -0.2) is 50.7 Å². The zero-order valence-electron chi connectivity index (χ0n) is 22.3. The normalized spacial score (nSPS) is 10.7. The van der Waals surface area contributed by atoms with E-state index >= 15 is 0 Å². The summed E-state index contributed by atoms with van der Waals surface area (Å²) < 4.78 is 5.55. The molecule has 0 aliphatic rings. The largest absolute Gasteiger partial charge is 0.484 e. The Morgan fingerprint density at radius 1 is 0.762 bits per heavy atom. The van der Waals surface area contributed by atoms with Gasteiger partial charge in [0.05, 0.1) is 0 Å². The molecule has 2 heterocycles. The van der Waals surface area contributed by atoms with E-state index in [9.17, 15) is 19.5 Å². The average Bonchev–Trinajstić information content (AvgIpc) is 3.01. The fourth-order valence-electron chi connectivity index (χ4n) is 3.85. The van der Waals surface area contributed by atoms with Crippen molar-refractivity contribution in [1.82, 2.24) is 15.3 Å². The summed E-state index contributed by atoms with van der Waals surface area (Å²) in [4.78, 5) is 42.4. The first kappa shape index (κ1) is 29.1. The van der Waals surface area contributed by atoms with Gasteiger partial charge in [0.15, 0.2) is 6.61 Å². The van der Waals surface area contributed by atoms with Gasteiger partial charge in [-0.05, 0) is 60.5 Å². The van der Waals surface area contributed by atoms with E-state index in [1.807, 2.05) is 54.6 Å². The molecule has 0 saturated carbocycles. The maximum atomic E-state index is 12.2. The van der Waals surface area contributed by atoms with Gasteiger partial charge in [-0.2, -0.15) is 0 Å². The highest BCUT2D eigenvalue weighted by Gasteiger charge is 2.21. The lowest BCUT2D eigenvalue weighted by atomic mass is 9.94. The molecule has 0 saturated heterocycles. The number of hydrogen-bond acceptors (Lipinski definition) is 6. The number of hydrogen-bond donors (Lipinski definition) is 3. The number of nitrogens with one attached hydrogen (secondary N) is 1. The van der Waals surface area contributed by atoms with Crippen LogP contribution in [0.5, 0.6) is 5.75 Å². The number of rotatable bonds is 9. The van der Waals surface area contributed by atoms with Crippen LogP contribution in [0.4, 0.5) is 0 Å². The predicted molar refractivity (Wildman–Crippen MR) is 154 cm³/mol. The fourth-order valence-corrected chi connectivity index (χ4v) is 3.85. The zero-order valence-corrected chi connectivity index (χ0v) is 22.3. The van der Waals surface area contributed by atoms with Gasteiger partial charge in [0.2, 0.25) is 0 Å². The number of carboxylic acids is 2. The Hall–Kier alpha value is -5.93. The Morgan fingerprint density at radius 3 is 1.81 bits per heavy atom. The monoisotopic (exact) mass is 559 g/mol. The summed E-state index contributed by atoms with van der Waals surface area (Å²) in [5, 5.41) is 20.3. The summed E-state index contributed by atoms with van der Waals surface area (Å²) in [6.45, 7) is -0.438. The van der Waals surface area contributed by atoms with Gasteiger partial charge in [0, 0.05) is 59.0 Å². The first-order valence-corrected chi connectivity index (χ1v) is 12.8. The Morgan fingerprint density at radius 2 is 1.31 bits per heavy atom. The topological polar surface area (TPSA) is 139 Å². The number of benzene rings is 2. The minimum Gasteiger partial charge on any atom is -0.484 e. The molecule has 1 unspecified atom stereocenters. The number of carboxylic acid groups (broad SMARTS) is 2. The van der Waals surface area contributed by atoms with Gasteiger partial charge in [-0.1, -0.05) is 41.9 Å². The maximum Gasteiger partial charge on any atom is 0.326 e. The van der Waals surface area contributed by atoms with Gasteiger partial charge < -0.3 is 20.3 Å². The molecule has 1 amide bonds. The van der Waals surface area contributed by atoms with E-state index < -0.39 is 30.5 Å². The SMILES string of the molecule is O=C(O)CCC(NC(=O)COc1ccc(-c2c(C#Cc3ccncc3)cccc2C#Cc2ccncc2)cc1)C(=O)O. The van der Waals surface area contributed by atoms with Crippen LogP contribution in [0, 0.1) is 23.7 Å². The van der Waals surface area contributed by atoms with Crippen molar-refractivity contribution in [3.05, 3.63) is 114 Å². The van der Waals surface area contributed by atoms with Crippen LogP contribution in [0.1, 0.15) is 35.1 Å². The molecule has 1 atom stereocenters. The molecule has 0 bridgehead atoms. The third-order valence-corrected chi connectivity index (χ3v) is 5.90. The van der Waals surface area contributed by atoms with Gasteiger partial charge >= 0.3 is 11.9 Å². The van der Waals surface area contributed by atoms with E-state index in [4.69, 9.17) is 9.84 Å². The van der Waals surface area contributed by atoms with Crippen molar-refractivity contribution >= 4 is 17.8 Å². The number of pyridine rings is 2. The highest BCUT2D eigenvalue weighted by atomic mass is 16.5. The van der Waals surface area contributed by atoms with Gasteiger partial charge in [-0.15, -0.1) is 0 Å². The first-order chi connectivity index (χ1) is 20.4. The number of amides is 1. The van der Waals surface area contributed by atoms with Crippen molar-refractivity contribution in [3.63, 3.8) is 0 Å². The average molecular weight is 560 g/mol. The summed E-state index contributed by atoms with van der Waals surface area (Å²) in [5.74, 6) is 10.1. The fraction of sp³-hybridized carbons (Fsp3) is 0.121. The van der Waals surface area contributed by atoms with Crippen LogP contribution in [0.15, 0.2) is 91.5 Å². The van der Waals surface area contributed by atoms with Crippen LogP contribution in [0.3, 0.4) is 0 Å². The van der Waals surface area contributed by atoms with E-state index in [0.717, 1.165) is 33.4 Å². The van der Waals surface area contributed by atoms with E-state index in [2.05, 4.69) is 39.0 Å². The molecular weight excluding hydrogens is 534 g/mol. The molecule has 2 aromatic heterocycles. The summed E-state index contributed by atoms with van der Waals surface area (Å²) >= 11 is 0. The van der Waals surface area contributed by atoms with Crippen molar-refractivity contribution in [2.75, 3.05) is 6.61 Å². The van der Waals surface area contributed by atoms with E-state index in [1.165, 1.54) is 0 Å². The summed E-state index contributed by atoms with van der Waals surface area (Å²) in [6, 6.07) is 18.7. The molecule has 9 nitrogen and oxygen atoms in total. The molecule has 42 heavy (non-hydrogen) atoms. The van der Waals surface area contributed by atoms with Crippen LogP contribution in [0.2, 0.25) is 0 Å². The number of aliphatic carboxylic acids is 2. The van der Waals surface area contributed by atoms with Crippen molar-refractivity contribution in [2.45, 2.75) is 18.9 Å². The van der Waals surface area contributed by atoms with Crippen molar-refractivity contribution in [1.29, 1.82) is 0 Å². The molecule has 4 rings (SSSR count). The second-order valence-corrected chi connectivity index (χ2v) is 8.90. The Bertz CT molecular complexity index is 1610. The quantitative estimate of drug-likeness (QED) is 0.264. The Labute approximate surface area is 242 Å². The third kappa shape index (κ3) is 8.54. The number of carbonyl (C=O) groups is 3. The third-order valence-electron chi connectivity index (χ3n) is 5.90. The highest BCUT2D eigenvalue weighted by Crippen LogP contribution is 2.29. The number of aromatic nitrogens is 2.